The molecule has 0 saturated heterocycles. The highest BCUT2D eigenvalue weighted by Gasteiger charge is 2.38. The summed E-state index contributed by atoms with van der Waals surface area (Å²) in [6.45, 7) is 0.883. The molecule has 0 aromatic heterocycles. The Hall–Kier alpha value is -1.92. The highest BCUT2D eigenvalue weighted by Crippen LogP contribution is 2.32. The van der Waals surface area contributed by atoms with Crippen LogP contribution in [-0.4, -0.2) is 32.5 Å². The van der Waals surface area contributed by atoms with Gasteiger partial charge in [-0.25, -0.2) is 4.79 Å². The molecule has 0 aliphatic heterocycles. The number of carbonyl (C=O) groups excluding carboxylic acids is 1. The van der Waals surface area contributed by atoms with Crippen molar-refractivity contribution in [1.82, 2.24) is 0 Å². The van der Waals surface area contributed by atoms with E-state index < -0.39 is 18.2 Å². The van der Waals surface area contributed by atoms with E-state index in [-0.39, 0.29) is 17.1 Å². The maximum Gasteiger partial charge on any atom is 0.425 e. The summed E-state index contributed by atoms with van der Waals surface area (Å²) >= 11 is 0. The number of hydrogen-bond acceptors (Lipinski definition) is 4. The third-order valence-corrected chi connectivity index (χ3v) is 2.35. The third-order valence-electron chi connectivity index (χ3n) is 2.35. The molecule has 106 valence electrons. The van der Waals surface area contributed by atoms with E-state index in [9.17, 15) is 18.0 Å². The summed E-state index contributed by atoms with van der Waals surface area (Å²) in [7, 11) is 2.46. The van der Waals surface area contributed by atoms with Crippen LogP contribution in [0, 0.1) is 0 Å². The van der Waals surface area contributed by atoms with Gasteiger partial charge in [-0.3, -0.25) is 0 Å². The lowest BCUT2D eigenvalue weighted by molar-refractivity contribution is -0.189. The molecule has 0 fully saturated rings. The molecule has 0 bridgehead atoms. The Balaban J connectivity index is 3.00. The van der Waals surface area contributed by atoms with Crippen molar-refractivity contribution in [3.8, 4) is 11.5 Å². The van der Waals surface area contributed by atoms with Crippen LogP contribution < -0.4 is 9.47 Å². The Labute approximate surface area is 108 Å². The highest BCUT2D eigenvalue weighted by atomic mass is 19.4. The maximum atomic E-state index is 12.4. The lowest BCUT2D eigenvalue weighted by atomic mass is 10.2. The lowest BCUT2D eigenvalue weighted by Crippen LogP contribution is -2.31. The van der Waals surface area contributed by atoms with Gasteiger partial charge in [0.15, 0.2) is 17.6 Å². The molecule has 0 saturated carbocycles. The molecule has 0 amide bonds. The second-order valence-corrected chi connectivity index (χ2v) is 3.66. The molecular formula is C12H13F3O4. The molecule has 0 aliphatic carbocycles. The summed E-state index contributed by atoms with van der Waals surface area (Å²) in [5.41, 5.74) is 0.159. The molecule has 0 N–H and O–H groups in total. The molecule has 19 heavy (non-hydrogen) atoms. The quantitative estimate of drug-likeness (QED) is 0.794. The van der Waals surface area contributed by atoms with Crippen molar-refractivity contribution in [2.24, 2.45) is 0 Å². The molecular weight excluding hydrogens is 265 g/mol. The number of ether oxygens (including phenoxy) is 3. The molecule has 0 aliphatic rings. The van der Waals surface area contributed by atoms with E-state index in [1.54, 1.807) is 0 Å². The Morgan fingerprint density at radius 3 is 2.32 bits per heavy atom. The highest BCUT2D eigenvalue weighted by molar-refractivity contribution is 5.90. The average molecular weight is 278 g/mol. The number of halogens is 3. The van der Waals surface area contributed by atoms with Crippen molar-refractivity contribution in [3.05, 3.63) is 23.8 Å². The molecule has 1 rings (SSSR count). The zero-order valence-corrected chi connectivity index (χ0v) is 10.6. The van der Waals surface area contributed by atoms with E-state index in [1.165, 1.54) is 32.4 Å². The summed E-state index contributed by atoms with van der Waals surface area (Å²) in [4.78, 5) is 11.3. The van der Waals surface area contributed by atoms with Crippen LogP contribution in [0.5, 0.6) is 11.5 Å². The standard InChI is InChI=1S/C12H13F3O4/c1-7(12(13,14)15)19-9-5-4-8(11(16)18-3)6-10(9)17-2/h4-7H,1-3H3. The molecule has 1 unspecified atom stereocenters. The first kappa shape index (κ1) is 15.1. The molecule has 0 heterocycles. The van der Waals surface area contributed by atoms with Crippen molar-refractivity contribution < 1.29 is 32.2 Å². The zero-order chi connectivity index (χ0) is 14.6. The number of alkyl halides is 3. The van der Waals surface area contributed by atoms with Gasteiger partial charge in [0.05, 0.1) is 19.8 Å². The fourth-order valence-corrected chi connectivity index (χ4v) is 1.27. The Bertz CT molecular complexity index is 457. The number of esters is 1. The van der Waals surface area contributed by atoms with Crippen LogP contribution in [0.25, 0.3) is 0 Å². The van der Waals surface area contributed by atoms with Gasteiger partial charge in [0.2, 0.25) is 0 Å². The first-order chi connectivity index (χ1) is 8.79. The number of hydrogen-bond donors (Lipinski definition) is 0. The van der Waals surface area contributed by atoms with E-state index >= 15 is 0 Å². The van der Waals surface area contributed by atoms with Crippen molar-refractivity contribution in [1.29, 1.82) is 0 Å². The Morgan fingerprint density at radius 1 is 1.21 bits per heavy atom. The third kappa shape index (κ3) is 3.77. The van der Waals surface area contributed by atoms with Gasteiger partial charge in [-0.2, -0.15) is 13.2 Å². The second-order valence-electron chi connectivity index (χ2n) is 3.66. The smallest absolute Gasteiger partial charge is 0.425 e. The molecule has 1 aromatic carbocycles. The Kier molecular flexibility index (Phi) is 4.63. The van der Waals surface area contributed by atoms with Crippen molar-refractivity contribution >= 4 is 5.97 Å². The molecule has 1 aromatic rings. The zero-order valence-electron chi connectivity index (χ0n) is 10.6. The summed E-state index contributed by atoms with van der Waals surface area (Å²) in [5, 5.41) is 0. The van der Waals surface area contributed by atoms with Crippen molar-refractivity contribution in [2.75, 3.05) is 14.2 Å². The van der Waals surface area contributed by atoms with Gasteiger partial charge in [-0.05, 0) is 25.1 Å². The number of carbonyl (C=O) groups is 1. The van der Waals surface area contributed by atoms with Gasteiger partial charge in [-0.1, -0.05) is 0 Å². The minimum atomic E-state index is -4.48. The van der Waals surface area contributed by atoms with Gasteiger partial charge in [0.25, 0.3) is 0 Å². The van der Waals surface area contributed by atoms with Crippen LogP contribution in [0.15, 0.2) is 18.2 Å². The summed E-state index contributed by atoms with van der Waals surface area (Å²) in [5.74, 6) is -0.687. The first-order valence-electron chi connectivity index (χ1n) is 5.29. The molecule has 0 spiro atoms. The fraction of sp³-hybridized carbons (Fsp3) is 0.417. The van der Waals surface area contributed by atoms with E-state index in [4.69, 9.17) is 9.47 Å². The Morgan fingerprint density at radius 2 is 1.84 bits per heavy atom. The van der Waals surface area contributed by atoms with Crippen LogP contribution >= 0.6 is 0 Å². The summed E-state index contributed by atoms with van der Waals surface area (Å²) < 4.78 is 51.3. The van der Waals surface area contributed by atoms with E-state index in [1.807, 2.05) is 0 Å². The molecule has 0 radical (unpaired) electrons. The monoisotopic (exact) mass is 278 g/mol. The predicted octanol–water partition coefficient (Wildman–Crippen LogP) is 2.81. The fourth-order valence-electron chi connectivity index (χ4n) is 1.27. The molecule has 7 heteroatoms. The van der Waals surface area contributed by atoms with Crippen LogP contribution in [0.4, 0.5) is 13.2 Å². The average Bonchev–Trinajstić information content (AvgIpc) is 2.37. The lowest BCUT2D eigenvalue weighted by Gasteiger charge is -2.19. The van der Waals surface area contributed by atoms with Gasteiger partial charge in [-0.15, -0.1) is 0 Å². The topological polar surface area (TPSA) is 44.8 Å². The minimum Gasteiger partial charge on any atom is -0.493 e. The molecule has 1 atom stereocenters. The van der Waals surface area contributed by atoms with Crippen molar-refractivity contribution in [2.45, 2.75) is 19.2 Å². The normalized spacial score (nSPS) is 12.7. The summed E-state index contributed by atoms with van der Waals surface area (Å²) in [6, 6.07) is 3.78. The largest absolute Gasteiger partial charge is 0.493 e. The van der Waals surface area contributed by atoms with Crippen molar-refractivity contribution in [3.63, 3.8) is 0 Å². The van der Waals surface area contributed by atoms with Gasteiger partial charge in [0, 0.05) is 0 Å². The SMILES string of the molecule is COC(=O)c1ccc(OC(C)C(F)(F)F)c(OC)c1. The predicted molar refractivity (Wildman–Crippen MR) is 60.5 cm³/mol. The maximum absolute atomic E-state index is 12.4. The second kappa shape index (κ2) is 5.81. The van der Waals surface area contributed by atoms with Gasteiger partial charge >= 0.3 is 12.1 Å². The first-order valence-corrected chi connectivity index (χ1v) is 5.29. The number of methoxy groups -OCH3 is 2. The summed E-state index contributed by atoms with van der Waals surface area (Å²) in [6.07, 6.45) is -6.46. The minimum absolute atomic E-state index is 0.0269. The van der Waals surface area contributed by atoms with E-state index in [2.05, 4.69) is 4.74 Å². The van der Waals surface area contributed by atoms with Crippen LogP contribution in [-0.2, 0) is 4.74 Å². The number of benzene rings is 1. The van der Waals surface area contributed by atoms with Crippen LogP contribution in [0.1, 0.15) is 17.3 Å². The van der Waals surface area contributed by atoms with Gasteiger partial charge < -0.3 is 14.2 Å². The van der Waals surface area contributed by atoms with Crippen LogP contribution in [0.2, 0.25) is 0 Å². The van der Waals surface area contributed by atoms with E-state index in [0.717, 1.165) is 6.92 Å². The van der Waals surface area contributed by atoms with Gasteiger partial charge in [0.1, 0.15) is 0 Å². The van der Waals surface area contributed by atoms with E-state index in [0.29, 0.717) is 0 Å². The molecule has 4 nitrogen and oxygen atoms in total. The van der Waals surface area contributed by atoms with Crippen LogP contribution in [0.3, 0.4) is 0 Å². The number of rotatable bonds is 4.